The van der Waals surface area contributed by atoms with Crippen molar-refractivity contribution in [3.05, 3.63) is 0 Å². The molecule has 0 radical (unpaired) electrons. The van der Waals surface area contributed by atoms with Gasteiger partial charge in [0.1, 0.15) is 0 Å². The summed E-state index contributed by atoms with van der Waals surface area (Å²) >= 11 is 0. The lowest BCUT2D eigenvalue weighted by atomic mass is 10.9. The summed E-state index contributed by atoms with van der Waals surface area (Å²) in [6.07, 6.45) is 0. The van der Waals surface area contributed by atoms with Gasteiger partial charge in [0, 0.05) is 27.0 Å². The second-order valence-electron chi connectivity index (χ2n) is 3.94. The summed E-state index contributed by atoms with van der Waals surface area (Å²) in [5.74, 6) is 0. The van der Waals surface area contributed by atoms with Crippen molar-refractivity contribution in [2.75, 3.05) is 21.3 Å². The minimum atomic E-state index is -1.98. The summed E-state index contributed by atoms with van der Waals surface area (Å²) in [6.45, 7) is 6.60. The quantitative estimate of drug-likeness (QED) is 0.620. The Morgan fingerprint density at radius 3 is 1.40 bits per heavy atom. The largest absolute Gasteiger partial charge is 0.420 e. The molecule has 0 saturated carbocycles. The fourth-order valence-corrected chi connectivity index (χ4v) is 12.5. The van der Waals surface area contributed by atoms with Crippen molar-refractivity contribution < 1.29 is 13.3 Å². The van der Waals surface area contributed by atoms with E-state index >= 15 is 0 Å². The molecular formula is C10H26O3Si2. The van der Waals surface area contributed by atoms with E-state index in [4.69, 9.17) is 13.3 Å². The van der Waals surface area contributed by atoms with E-state index < -0.39 is 16.9 Å². The Bertz CT molecular complexity index is 134. The van der Waals surface area contributed by atoms with Crippen molar-refractivity contribution >= 4 is 16.9 Å². The standard InChI is InChI=1S/C10H26O3Si2/c1-7-14(8-2,11-4)10-15(9-3,12-5)13-6/h7-10H2,1-6H3. The summed E-state index contributed by atoms with van der Waals surface area (Å²) in [4.78, 5) is 0. The van der Waals surface area contributed by atoms with Crippen LogP contribution in [0.3, 0.4) is 0 Å². The molecule has 0 aromatic carbocycles. The highest BCUT2D eigenvalue weighted by molar-refractivity contribution is 6.89. The highest BCUT2D eigenvalue weighted by Gasteiger charge is 2.44. The van der Waals surface area contributed by atoms with Crippen LogP contribution in [0, 0.1) is 0 Å². The zero-order valence-corrected chi connectivity index (χ0v) is 13.1. The topological polar surface area (TPSA) is 27.7 Å². The maximum Gasteiger partial charge on any atom is 0.336 e. The Morgan fingerprint density at radius 2 is 1.20 bits per heavy atom. The van der Waals surface area contributed by atoms with E-state index in [0.717, 1.165) is 23.8 Å². The van der Waals surface area contributed by atoms with Crippen molar-refractivity contribution in [3.8, 4) is 0 Å². The molecule has 0 N–H and O–H groups in total. The minimum Gasteiger partial charge on any atom is -0.420 e. The molecule has 0 aliphatic rings. The fraction of sp³-hybridized carbons (Fsp3) is 1.00. The van der Waals surface area contributed by atoms with Gasteiger partial charge in [-0.1, -0.05) is 20.8 Å². The lowest BCUT2D eigenvalue weighted by Gasteiger charge is -2.35. The third kappa shape index (κ3) is 3.67. The van der Waals surface area contributed by atoms with E-state index in [1.807, 2.05) is 7.11 Å². The molecule has 0 saturated heterocycles. The van der Waals surface area contributed by atoms with Gasteiger partial charge in [0.05, 0.1) is 0 Å². The first-order chi connectivity index (χ1) is 7.07. The van der Waals surface area contributed by atoms with Crippen molar-refractivity contribution in [1.82, 2.24) is 0 Å². The van der Waals surface area contributed by atoms with Gasteiger partial charge in [-0.25, -0.2) is 0 Å². The van der Waals surface area contributed by atoms with E-state index in [0.29, 0.717) is 0 Å². The van der Waals surface area contributed by atoms with Crippen LogP contribution in [0.15, 0.2) is 0 Å². The molecule has 0 atom stereocenters. The van der Waals surface area contributed by atoms with Crippen LogP contribution in [0.2, 0.25) is 23.8 Å². The van der Waals surface area contributed by atoms with Gasteiger partial charge >= 0.3 is 8.56 Å². The molecule has 0 aliphatic carbocycles. The average molecular weight is 250 g/mol. The molecule has 0 aromatic rings. The van der Waals surface area contributed by atoms with Crippen molar-refractivity contribution in [2.24, 2.45) is 0 Å². The van der Waals surface area contributed by atoms with E-state index in [-0.39, 0.29) is 0 Å². The molecule has 3 nitrogen and oxygen atoms in total. The molecule has 92 valence electrons. The normalized spacial score (nSPS) is 13.2. The number of rotatable bonds is 8. The van der Waals surface area contributed by atoms with Crippen LogP contribution in [0.1, 0.15) is 20.8 Å². The first-order valence-electron chi connectivity index (χ1n) is 5.73. The predicted octanol–water partition coefficient (Wildman–Crippen LogP) is 2.91. The summed E-state index contributed by atoms with van der Waals surface area (Å²) in [5.41, 5.74) is 1.05. The smallest absolute Gasteiger partial charge is 0.336 e. The molecule has 0 rings (SSSR count). The lowest BCUT2D eigenvalue weighted by Crippen LogP contribution is -2.50. The van der Waals surface area contributed by atoms with Crippen LogP contribution in [0.5, 0.6) is 0 Å². The van der Waals surface area contributed by atoms with Crippen LogP contribution in [-0.2, 0) is 13.3 Å². The first kappa shape index (κ1) is 15.3. The second kappa shape index (κ2) is 6.80. The molecule has 0 unspecified atom stereocenters. The Kier molecular flexibility index (Phi) is 6.94. The molecule has 0 aliphatic heterocycles. The predicted molar refractivity (Wildman–Crippen MR) is 68.8 cm³/mol. The van der Waals surface area contributed by atoms with Crippen LogP contribution < -0.4 is 0 Å². The Morgan fingerprint density at radius 1 is 0.733 bits per heavy atom. The highest BCUT2D eigenvalue weighted by atomic mass is 28.4. The van der Waals surface area contributed by atoms with Crippen LogP contribution >= 0.6 is 0 Å². The molecule has 0 amide bonds. The van der Waals surface area contributed by atoms with E-state index in [1.165, 1.54) is 0 Å². The van der Waals surface area contributed by atoms with E-state index in [9.17, 15) is 0 Å². The van der Waals surface area contributed by atoms with Gasteiger partial charge < -0.3 is 13.3 Å². The van der Waals surface area contributed by atoms with Crippen molar-refractivity contribution in [2.45, 2.75) is 44.6 Å². The van der Waals surface area contributed by atoms with E-state index in [1.54, 1.807) is 14.2 Å². The summed E-state index contributed by atoms with van der Waals surface area (Å²) < 4.78 is 17.1. The second-order valence-corrected chi connectivity index (χ2v) is 12.9. The summed E-state index contributed by atoms with van der Waals surface area (Å²) in [7, 11) is 1.82. The first-order valence-corrected chi connectivity index (χ1v) is 10.5. The molecule has 5 heteroatoms. The molecule has 0 aromatic heterocycles. The molecule has 15 heavy (non-hydrogen) atoms. The molecule has 0 fully saturated rings. The van der Waals surface area contributed by atoms with Gasteiger partial charge in [-0.3, -0.25) is 0 Å². The maximum absolute atomic E-state index is 5.81. The van der Waals surface area contributed by atoms with E-state index in [2.05, 4.69) is 20.8 Å². The third-order valence-electron chi connectivity index (χ3n) is 3.60. The summed E-state index contributed by atoms with van der Waals surface area (Å²) in [6, 6.07) is 3.28. The van der Waals surface area contributed by atoms with Crippen LogP contribution in [0.4, 0.5) is 0 Å². The van der Waals surface area contributed by atoms with Crippen molar-refractivity contribution in [1.29, 1.82) is 0 Å². The molecule has 0 bridgehead atoms. The highest BCUT2D eigenvalue weighted by Crippen LogP contribution is 2.30. The summed E-state index contributed by atoms with van der Waals surface area (Å²) in [5, 5.41) is 0. The zero-order valence-electron chi connectivity index (χ0n) is 11.1. The van der Waals surface area contributed by atoms with Gasteiger partial charge in [0.25, 0.3) is 0 Å². The van der Waals surface area contributed by atoms with Gasteiger partial charge in [-0.05, 0) is 18.1 Å². The Hall–Kier alpha value is 0.314. The van der Waals surface area contributed by atoms with Crippen LogP contribution in [-0.4, -0.2) is 38.2 Å². The van der Waals surface area contributed by atoms with Gasteiger partial charge in [-0.15, -0.1) is 0 Å². The lowest BCUT2D eigenvalue weighted by molar-refractivity contribution is 0.244. The number of hydrogen-bond donors (Lipinski definition) is 0. The van der Waals surface area contributed by atoms with Gasteiger partial charge in [-0.2, -0.15) is 0 Å². The Labute approximate surface area is 96.5 Å². The fourth-order valence-electron chi connectivity index (χ4n) is 1.99. The van der Waals surface area contributed by atoms with Gasteiger partial charge in [0.2, 0.25) is 0 Å². The monoisotopic (exact) mass is 250 g/mol. The molecule has 0 spiro atoms. The van der Waals surface area contributed by atoms with Crippen molar-refractivity contribution in [3.63, 3.8) is 0 Å². The van der Waals surface area contributed by atoms with Gasteiger partial charge in [0.15, 0.2) is 8.32 Å². The average Bonchev–Trinajstić information content (AvgIpc) is 2.33. The minimum absolute atomic E-state index is 0.998. The molecular weight excluding hydrogens is 224 g/mol. The molecule has 0 heterocycles. The van der Waals surface area contributed by atoms with Crippen LogP contribution in [0.25, 0.3) is 0 Å². The maximum atomic E-state index is 5.81. The number of hydrogen-bond acceptors (Lipinski definition) is 3. The third-order valence-corrected chi connectivity index (χ3v) is 14.3. The Balaban J connectivity index is 4.74. The SMILES string of the molecule is CC[Si](CC)(C[Si](CC)(OC)OC)OC. The zero-order chi connectivity index (χ0) is 11.9.